The van der Waals surface area contributed by atoms with Gasteiger partial charge in [-0.3, -0.25) is 0 Å². The van der Waals surface area contributed by atoms with Crippen LogP contribution >= 0.6 is 23.2 Å². The number of aryl methyl sites for hydroxylation is 1. The molecule has 1 unspecified atom stereocenters. The second-order valence-corrected chi connectivity index (χ2v) is 5.82. The van der Waals surface area contributed by atoms with E-state index in [1.807, 2.05) is 12.1 Å². The van der Waals surface area contributed by atoms with Gasteiger partial charge in [0.05, 0.1) is 0 Å². The molecule has 0 spiro atoms. The van der Waals surface area contributed by atoms with Gasteiger partial charge in [-0.25, -0.2) is 0 Å². The molecule has 0 aliphatic rings. The Kier molecular flexibility index (Phi) is 5.47. The first kappa shape index (κ1) is 15.4. The van der Waals surface area contributed by atoms with Crippen molar-refractivity contribution in [2.45, 2.75) is 26.3 Å². The lowest BCUT2D eigenvalue weighted by Crippen LogP contribution is -2.23. The van der Waals surface area contributed by atoms with Crippen molar-refractivity contribution in [3.8, 4) is 0 Å². The predicted octanol–water partition coefficient (Wildman–Crippen LogP) is 5.20. The SMILES string of the molecule is CCNC(Cc1ccccc1C)c1cc(Cl)cc(Cl)c1. The normalized spacial score (nSPS) is 12.4. The molecular formula is C17H19Cl2N. The van der Waals surface area contributed by atoms with E-state index in [9.17, 15) is 0 Å². The molecule has 2 aromatic rings. The maximum Gasteiger partial charge on any atom is 0.0424 e. The minimum absolute atomic E-state index is 0.220. The average Bonchev–Trinajstić information content (AvgIpc) is 2.39. The van der Waals surface area contributed by atoms with E-state index in [0.29, 0.717) is 10.0 Å². The molecule has 0 radical (unpaired) electrons. The molecule has 1 atom stereocenters. The van der Waals surface area contributed by atoms with Crippen LogP contribution in [0, 0.1) is 6.92 Å². The average molecular weight is 308 g/mol. The molecule has 0 saturated carbocycles. The van der Waals surface area contributed by atoms with Gasteiger partial charge < -0.3 is 5.32 Å². The number of likely N-dealkylation sites (N-methyl/N-ethyl adjacent to an activating group) is 1. The quantitative estimate of drug-likeness (QED) is 0.801. The molecule has 0 aromatic heterocycles. The summed E-state index contributed by atoms with van der Waals surface area (Å²) >= 11 is 12.2. The summed E-state index contributed by atoms with van der Waals surface area (Å²) in [6.07, 6.45) is 0.928. The van der Waals surface area contributed by atoms with Crippen LogP contribution < -0.4 is 5.32 Å². The van der Waals surface area contributed by atoms with Gasteiger partial charge in [-0.1, -0.05) is 54.4 Å². The Morgan fingerprint density at radius 1 is 1.05 bits per heavy atom. The molecule has 0 fully saturated rings. The highest BCUT2D eigenvalue weighted by Gasteiger charge is 2.13. The molecule has 0 aliphatic heterocycles. The molecule has 0 heterocycles. The maximum atomic E-state index is 6.12. The summed E-state index contributed by atoms with van der Waals surface area (Å²) < 4.78 is 0. The first-order valence-electron chi connectivity index (χ1n) is 6.84. The van der Waals surface area contributed by atoms with Crippen molar-refractivity contribution < 1.29 is 0 Å². The fourth-order valence-electron chi connectivity index (χ4n) is 2.39. The van der Waals surface area contributed by atoms with Crippen LogP contribution in [0.25, 0.3) is 0 Å². The highest BCUT2D eigenvalue weighted by Crippen LogP contribution is 2.26. The second kappa shape index (κ2) is 7.12. The van der Waals surface area contributed by atoms with Crippen molar-refractivity contribution in [3.63, 3.8) is 0 Å². The molecule has 20 heavy (non-hydrogen) atoms. The third-order valence-corrected chi connectivity index (χ3v) is 3.86. The van der Waals surface area contributed by atoms with Gasteiger partial charge in [0, 0.05) is 16.1 Å². The lowest BCUT2D eigenvalue weighted by molar-refractivity contribution is 0.549. The minimum Gasteiger partial charge on any atom is -0.310 e. The maximum absolute atomic E-state index is 6.12. The van der Waals surface area contributed by atoms with E-state index >= 15 is 0 Å². The summed E-state index contributed by atoms with van der Waals surface area (Å²) in [5.74, 6) is 0. The zero-order valence-corrected chi connectivity index (χ0v) is 13.3. The van der Waals surface area contributed by atoms with Crippen LogP contribution in [0.2, 0.25) is 10.0 Å². The van der Waals surface area contributed by atoms with Gasteiger partial charge >= 0.3 is 0 Å². The summed E-state index contributed by atoms with van der Waals surface area (Å²) in [5, 5.41) is 4.87. The van der Waals surface area contributed by atoms with Gasteiger partial charge in [-0.05, 0) is 54.8 Å². The largest absolute Gasteiger partial charge is 0.310 e. The fraction of sp³-hybridized carbons (Fsp3) is 0.294. The Labute approximate surface area is 130 Å². The predicted molar refractivity (Wildman–Crippen MR) is 87.8 cm³/mol. The van der Waals surface area contributed by atoms with Crippen molar-refractivity contribution >= 4 is 23.2 Å². The Morgan fingerprint density at radius 3 is 2.30 bits per heavy atom. The molecule has 0 amide bonds. The Balaban J connectivity index is 2.29. The number of nitrogens with one attached hydrogen (secondary N) is 1. The van der Waals surface area contributed by atoms with Crippen LogP contribution in [0.1, 0.15) is 29.7 Å². The molecule has 106 valence electrons. The summed E-state index contributed by atoms with van der Waals surface area (Å²) in [6, 6.07) is 14.4. The van der Waals surface area contributed by atoms with E-state index < -0.39 is 0 Å². The molecule has 0 aliphatic carbocycles. The van der Waals surface area contributed by atoms with Gasteiger partial charge in [0.2, 0.25) is 0 Å². The second-order valence-electron chi connectivity index (χ2n) is 4.94. The molecular weight excluding hydrogens is 289 g/mol. The number of hydrogen-bond donors (Lipinski definition) is 1. The third-order valence-electron chi connectivity index (χ3n) is 3.42. The van der Waals surface area contributed by atoms with Crippen LogP contribution in [-0.2, 0) is 6.42 Å². The fourth-order valence-corrected chi connectivity index (χ4v) is 2.93. The molecule has 0 bridgehead atoms. The number of halogens is 2. The number of hydrogen-bond acceptors (Lipinski definition) is 1. The van der Waals surface area contributed by atoms with Gasteiger partial charge in [0.1, 0.15) is 0 Å². The van der Waals surface area contributed by atoms with Gasteiger partial charge in [0.15, 0.2) is 0 Å². The van der Waals surface area contributed by atoms with E-state index in [2.05, 4.69) is 43.4 Å². The topological polar surface area (TPSA) is 12.0 Å². The summed E-state index contributed by atoms with van der Waals surface area (Å²) in [6.45, 7) is 5.15. The van der Waals surface area contributed by atoms with Crippen LogP contribution in [0.3, 0.4) is 0 Å². The lowest BCUT2D eigenvalue weighted by atomic mass is 9.96. The smallest absolute Gasteiger partial charge is 0.0424 e. The molecule has 0 saturated heterocycles. The van der Waals surface area contributed by atoms with Crippen LogP contribution in [0.4, 0.5) is 0 Å². The van der Waals surface area contributed by atoms with Crippen molar-refractivity contribution in [2.24, 2.45) is 0 Å². The highest BCUT2D eigenvalue weighted by atomic mass is 35.5. The Morgan fingerprint density at radius 2 is 1.70 bits per heavy atom. The van der Waals surface area contributed by atoms with Crippen molar-refractivity contribution in [3.05, 3.63) is 69.2 Å². The first-order valence-corrected chi connectivity index (χ1v) is 7.59. The van der Waals surface area contributed by atoms with E-state index in [1.54, 1.807) is 6.07 Å². The first-order chi connectivity index (χ1) is 9.60. The summed E-state index contributed by atoms with van der Waals surface area (Å²) in [4.78, 5) is 0. The van der Waals surface area contributed by atoms with Gasteiger partial charge in [-0.2, -0.15) is 0 Å². The number of benzene rings is 2. The van der Waals surface area contributed by atoms with E-state index in [1.165, 1.54) is 11.1 Å². The van der Waals surface area contributed by atoms with Crippen molar-refractivity contribution in [1.82, 2.24) is 5.32 Å². The van der Waals surface area contributed by atoms with E-state index in [0.717, 1.165) is 18.5 Å². The molecule has 2 rings (SSSR count). The standard InChI is InChI=1S/C17H19Cl2N/c1-3-20-17(10-13-7-5-4-6-12(13)2)14-8-15(18)11-16(19)9-14/h4-9,11,17,20H,3,10H2,1-2H3. The summed E-state index contributed by atoms with van der Waals surface area (Å²) in [5.41, 5.74) is 3.78. The Bertz CT molecular complexity index is 561. The van der Waals surface area contributed by atoms with Gasteiger partial charge in [0.25, 0.3) is 0 Å². The molecule has 3 heteroatoms. The van der Waals surface area contributed by atoms with Crippen LogP contribution in [-0.4, -0.2) is 6.54 Å². The van der Waals surface area contributed by atoms with Gasteiger partial charge in [-0.15, -0.1) is 0 Å². The van der Waals surface area contributed by atoms with Crippen molar-refractivity contribution in [2.75, 3.05) is 6.54 Å². The third kappa shape index (κ3) is 3.99. The Hall–Kier alpha value is -1.02. The van der Waals surface area contributed by atoms with E-state index in [-0.39, 0.29) is 6.04 Å². The van der Waals surface area contributed by atoms with Crippen molar-refractivity contribution in [1.29, 1.82) is 0 Å². The lowest BCUT2D eigenvalue weighted by Gasteiger charge is -2.20. The number of rotatable bonds is 5. The highest BCUT2D eigenvalue weighted by molar-refractivity contribution is 6.34. The van der Waals surface area contributed by atoms with E-state index in [4.69, 9.17) is 23.2 Å². The monoisotopic (exact) mass is 307 g/mol. The summed E-state index contributed by atoms with van der Waals surface area (Å²) in [7, 11) is 0. The zero-order valence-electron chi connectivity index (χ0n) is 11.8. The molecule has 1 nitrogen and oxygen atoms in total. The zero-order chi connectivity index (χ0) is 14.5. The minimum atomic E-state index is 0.220. The van der Waals surface area contributed by atoms with Crippen LogP contribution in [0.15, 0.2) is 42.5 Å². The molecule has 2 aromatic carbocycles. The van der Waals surface area contributed by atoms with Crippen LogP contribution in [0.5, 0.6) is 0 Å². The molecule has 1 N–H and O–H groups in total.